The van der Waals surface area contributed by atoms with Crippen LogP contribution in [0.1, 0.15) is 34.0 Å². The molecule has 96 valence electrons. The van der Waals surface area contributed by atoms with E-state index in [-0.39, 0.29) is 6.04 Å². The van der Waals surface area contributed by atoms with E-state index in [4.69, 9.17) is 5.73 Å². The number of rotatable bonds is 2. The number of thiazole rings is 1. The number of fused-ring (bicyclic) bond motifs is 1. The predicted octanol–water partition coefficient (Wildman–Crippen LogP) is 3.10. The van der Waals surface area contributed by atoms with E-state index < -0.39 is 0 Å². The molecule has 0 amide bonds. The van der Waals surface area contributed by atoms with Gasteiger partial charge in [0, 0.05) is 28.9 Å². The first-order valence-corrected chi connectivity index (χ1v) is 7.88. The van der Waals surface area contributed by atoms with Crippen molar-refractivity contribution in [2.75, 3.05) is 11.4 Å². The zero-order valence-corrected chi connectivity index (χ0v) is 12.3. The smallest absolute Gasteiger partial charge is 0.186 e. The van der Waals surface area contributed by atoms with E-state index in [2.05, 4.69) is 28.3 Å². The fraction of sp³-hybridized carbons (Fsp3) is 0.462. The zero-order valence-electron chi connectivity index (χ0n) is 10.6. The second-order valence-corrected chi connectivity index (χ2v) is 6.79. The SMILES string of the molecule is Cc1nc(N2CCc3sccc3C2)sc1C(C)N. The van der Waals surface area contributed by atoms with Crippen LogP contribution in [-0.2, 0) is 13.0 Å². The Morgan fingerprint density at radius 3 is 3.06 bits per heavy atom. The third-order valence-electron chi connectivity index (χ3n) is 3.31. The molecular formula is C13H17N3S2. The molecule has 2 N–H and O–H groups in total. The number of aryl methyl sites for hydroxylation is 1. The summed E-state index contributed by atoms with van der Waals surface area (Å²) in [4.78, 5) is 9.80. The lowest BCUT2D eigenvalue weighted by atomic mass is 10.1. The number of nitrogens with two attached hydrogens (primary N) is 1. The fourth-order valence-corrected chi connectivity index (χ4v) is 4.30. The second kappa shape index (κ2) is 4.64. The van der Waals surface area contributed by atoms with Crippen molar-refractivity contribution in [2.45, 2.75) is 32.9 Å². The molecule has 0 fully saturated rings. The Morgan fingerprint density at radius 1 is 1.50 bits per heavy atom. The average molecular weight is 279 g/mol. The van der Waals surface area contributed by atoms with Crippen LogP contribution in [0.15, 0.2) is 11.4 Å². The van der Waals surface area contributed by atoms with Gasteiger partial charge in [-0.25, -0.2) is 4.98 Å². The van der Waals surface area contributed by atoms with Gasteiger partial charge in [-0.15, -0.1) is 22.7 Å². The Hall–Kier alpha value is -0.910. The van der Waals surface area contributed by atoms with Crippen LogP contribution < -0.4 is 10.6 Å². The molecule has 0 aromatic carbocycles. The Bertz CT molecular complexity index is 556. The standard InChI is InChI=1S/C13H17N3S2/c1-8(14)12-9(2)15-13(18-12)16-5-3-11-10(7-16)4-6-17-11/h4,6,8H,3,5,7,14H2,1-2H3. The lowest BCUT2D eigenvalue weighted by molar-refractivity contribution is 0.739. The van der Waals surface area contributed by atoms with E-state index in [1.807, 2.05) is 18.3 Å². The first-order valence-electron chi connectivity index (χ1n) is 6.18. The van der Waals surface area contributed by atoms with Crippen molar-refractivity contribution in [1.29, 1.82) is 0 Å². The van der Waals surface area contributed by atoms with Crippen LogP contribution in [0, 0.1) is 6.92 Å². The summed E-state index contributed by atoms with van der Waals surface area (Å²) in [5, 5.41) is 3.31. The van der Waals surface area contributed by atoms with Gasteiger partial charge in [0.1, 0.15) is 0 Å². The fourth-order valence-electron chi connectivity index (χ4n) is 2.36. The van der Waals surface area contributed by atoms with Crippen LogP contribution in [0.3, 0.4) is 0 Å². The molecule has 18 heavy (non-hydrogen) atoms. The predicted molar refractivity (Wildman–Crippen MR) is 78.5 cm³/mol. The summed E-state index contributed by atoms with van der Waals surface area (Å²) in [6.45, 7) is 6.14. The molecule has 0 bridgehead atoms. The molecule has 1 unspecified atom stereocenters. The summed E-state index contributed by atoms with van der Waals surface area (Å²) in [7, 11) is 0. The van der Waals surface area contributed by atoms with E-state index in [1.54, 1.807) is 11.3 Å². The van der Waals surface area contributed by atoms with Crippen LogP contribution in [0.5, 0.6) is 0 Å². The van der Waals surface area contributed by atoms with Gasteiger partial charge in [-0.2, -0.15) is 0 Å². The van der Waals surface area contributed by atoms with Crippen molar-refractivity contribution in [3.63, 3.8) is 0 Å². The molecule has 2 aromatic rings. The molecule has 1 aliphatic heterocycles. The van der Waals surface area contributed by atoms with Crippen LogP contribution in [0.2, 0.25) is 0 Å². The van der Waals surface area contributed by atoms with Crippen molar-refractivity contribution in [2.24, 2.45) is 5.73 Å². The Morgan fingerprint density at radius 2 is 2.33 bits per heavy atom. The number of thiophene rings is 1. The molecule has 0 radical (unpaired) electrons. The van der Waals surface area contributed by atoms with Crippen LogP contribution >= 0.6 is 22.7 Å². The van der Waals surface area contributed by atoms with E-state index in [1.165, 1.54) is 15.3 Å². The highest BCUT2D eigenvalue weighted by Crippen LogP contribution is 2.33. The van der Waals surface area contributed by atoms with Crippen LogP contribution in [0.25, 0.3) is 0 Å². The molecule has 0 saturated heterocycles. The van der Waals surface area contributed by atoms with E-state index in [9.17, 15) is 0 Å². The molecule has 3 heterocycles. The number of hydrogen-bond donors (Lipinski definition) is 1. The van der Waals surface area contributed by atoms with E-state index in [0.29, 0.717) is 0 Å². The molecule has 3 nitrogen and oxygen atoms in total. The first kappa shape index (κ1) is 12.1. The highest BCUT2D eigenvalue weighted by atomic mass is 32.1. The van der Waals surface area contributed by atoms with E-state index >= 15 is 0 Å². The Kier molecular flexibility index (Phi) is 3.13. The number of hydrogen-bond acceptors (Lipinski definition) is 5. The minimum Gasteiger partial charge on any atom is -0.343 e. The second-order valence-electron chi connectivity index (χ2n) is 4.78. The zero-order chi connectivity index (χ0) is 12.7. The molecule has 5 heteroatoms. The summed E-state index contributed by atoms with van der Waals surface area (Å²) in [6, 6.07) is 2.32. The summed E-state index contributed by atoms with van der Waals surface area (Å²) >= 11 is 3.62. The van der Waals surface area contributed by atoms with Gasteiger partial charge in [-0.3, -0.25) is 0 Å². The Balaban J connectivity index is 1.86. The number of aromatic nitrogens is 1. The number of nitrogens with zero attached hydrogens (tertiary/aromatic N) is 2. The monoisotopic (exact) mass is 279 g/mol. The summed E-state index contributed by atoms with van der Waals surface area (Å²) in [5.41, 5.74) is 8.52. The first-order chi connectivity index (χ1) is 8.65. The molecule has 1 aliphatic rings. The maximum Gasteiger partial charge on any atom is 0.186 e. The van der Waals surface area contributed by atoms with Crippen molar-refractivity contribution in [1.82, 2.24) is 4.98 Å². The van der Waals surface area contributed by atoms with E-state index in [0.717, 1.165) is 30.3 Å². The minimum atomic E-state index is 0.0812. The molecule has 0 aliphatic carbocycles. The maximum absolute atomic E-state index is 5.97. The molecule has 3 rings (SSSR count). The molecular weight excluding hydrogens is 262 g/mol. The van der Waals surface area contributed by atoms with Gasteiger partial charge in [-0.1, -0.05) is 0 Å². The van der Waals surface area contributed by atoms with Crippen LogP contribution in [-0.4, -0.2) is 11.5 Å². The normalized spacial score (nSPS) is 16.7. The quantitative estimate of drug-likeness (QED) is 0.918. The highest BCUT2D eigenvalue weighted by molar-refractivity contribution is 7.15. The van der Waals surface area contributed by atoms with Crippen LogP contribution in [0.4, 0.5) is 5.13 Å². The molecule has 0 saturated carbocycles. The van der Waals surface area contributed by atoms with Crippen molar-refractivity contribution >= 4 is 27.8 Å². The third-order valence-corrected chi connectivity index (χ3v) is 5.76. The van der Waals surface area contributed by atoms with Gasteiger partial charge in [0.25, 0.3) is 0 Å². The van der Waals surface area contributed by atoms with Gasteiger partial charge < -0.3 is 10.6 Å². The molecule has 2 aromatic heterocycles. The summed E-state index contributed by atoms with van der Waals surface area (Å²) in [6.07, 6.45) is 1.14. The van der Waals surface area contributed by atoms with Gasteiger partial charge >= 0.3 is 0 Å². The molecule has 1 atom stereocenters. The van der Waals surface area contributed by atoms with Crippen molar-refractivity contribution in [3.8, 4) is 0 Å². The largest absolute Gasteiger partial charge is 0.343 e. The van der Waals surface area contributed by atoms with Crippen molar-refractivity contribution in [3.05, 3.63) is 32.5 Å². The minimum absolute atomic E-state index is 0.0812. The average Bonchev–Trinajstić information content (AvgIpc) is 2.93. The topological polar surface area (TPSA) is 42.2 Å². The number of anilines is 1. The summed E-state index contributed by atoms with van der Waals surface area (Å²) in [5.74, 6) is 0. The van der Waals surface area contributed by atoms with Gasteiger partial charge in [-0.05, 0) is 37.3 Å². The van der Waals surface area contributed by atoms with Gasteiger partial charge in [0.15, 0.2) is 5.13 Å². The summed E-state index contributed by atoms with van der Waals surface area (Å²) < 4.78 is 0. The lowest BCUT2D eigenvalue weighted by Crippen LogP contribution is -2.29. The lowest BCUT2D eigenvalue weighted by Gasteiger charge is -2.26. The van der Waals surface area contributed by atoms with Crippen molar-refractivity contribution < 1.29 is 0 Å². The maximum atomic E-state index is 5.97. The third kappa shape index (κ3) is 2.06. The van der Waals surface area contributed by atoms with Gasteiger partial charge in [0.05, 0.1) is 5.69 Å². The molecule has 0 spiro atoms. The Labute approximate surface area is 115 Å². The highest BCUT2D eigenvalue weighted by Gasteiger charge is 2.21. The van der Waals surface area contributed by atoms with Gasteiger partial charge in [0.2, 0.25) is 0 Å².